The number of nitrogens with one attached hydrogen (secondary N) is 1. The average Bonchev–Trinajstić information content (AvgIpc) is 3.17. The first-order valence-electron chi connectivity index (χ1n) is 8.98. The number of para-hydroxylation sites is 2. The van der Waals surface area contributed by atoms with Crippen molar-refractivity contribution in [2.45, 2.75) is 0 Å². The molecule has 0 aliphatic rings. The summed E-state index contributed by atoms with van der Waals surface area (Å²) >= 11 is 1.54. The third-order valence-corrected chi connectivity index (χ3v) is 5.40. The summed E-state index contributed by atoms with van der Waals surface area (Å²) in [6.45, 7) is 0. The maximum Gasteiger partial charge on any atom is 0.231 e. The van der Waals surface area contributed by atoms with E-state index < -0.39 is 0 Å². The zero-order chi connectivity index (χ0) is 18.8. The van der Waals surface area contributed by atoms with Crippen molar-refractivity contribution in [2.24, 2.45) is 10.2 Å². The molecule has 0 bridgehead atoms. The fourth-order valence-corrected chi connectivity index (χ4v) is 3.94. The summed E-state index contributed by atoms with van der Waals surface area (Å²) in [6, 6.07) is 30.4. The summed E-state index contributed by atoms with van der Waals surface area (Å²) in [4.78, 5) is 4.53. The van der Waals surface area contributed by atoms with Crippen molar-refractivity contribution in [3.63, 3.8) is 0 Å². The molecule has 0 atom stereocenters. The summed E-state index contributed by atoms with van der Waals surface area (Å²) in [6.07, 6.45) is 0. The molecule has 4 nitrogen and oxygen atoms in total. The summed E-state index contributed by atoms with van der Waals surface area (Å²) < 4.78 is 1.11. The number of fused-ring (bicyclic) bond motifs is 2. The van der Waals surface area contributed by atoms with Gasteiger partial charge in [0.05, 0.1) is 15.9 Å². The Bertz CT molecular complexity index is 1260. The highest BCUT2D eigenvalue weighted by molar-refractivity contribution is 7.21. The largest absolute Gasteiger partial charge is 0.355 e. The maximum absolute atomic E-state index is 4.53. The van der Waals surface area contributed by atoms with E-state index in [0.29, 0.717) is 5.13 Å². The Hall–Kier alpha value is -3.57. The molecule has 0 saturated carbocycles. The van der Waals surface area contributed by atoms with Crippen LogP contribution in [0.4, 0.5) is 22.2 Å². The highest BCUT2D eigenvalue weighted by Gasteiger charge is 2.07. The number of anilines is 2. The topological polar surface area (TPSA) is 49.6 Å². The SMILES string of the molecule is c1ccc(Nc2ccc(N=Nc3nc4ccccc4s3)c3ccccc23)cc1. The number of thiazole rings is 1. The molecule has 1 N–H and O–H groups in total. The van der Waals surface area contributed by atoms with E-state index in [-0.39, 0.29) is 0 Å². The Morgan fingerprint density at radius 1 is 0.679 bits per heavy atom. The van der Waals surface area contributed by atoms with Gasteiger partial charge in [0.2, 0.25) is 5.13 Å². The summed E-state index contributed by atoms with van der Waals surface area (Å²) in [5.41, 5.74) is 3.87. The maximum atomic E-state index is 4.53. The van der Waals surface area contributed by atoms with Crippen molar-refractivity contribution in [2.75, 3.05) is 5.32 Å². The molecule has 1 heterocycles. The number of nitrogens with zero attached hydrogens (tertiary/aromatic N) is 3. The molecule has 5 heteroatoms. The van der Waals surface area contributed by atoms with Gasteiger partial charge in [-0.15, -0.1) is 10.2 Å². The summed E-state index contributed by atoms with van der Waals surface area (Å²) in [5, 5.41) is 15.2. The number of benzene rings is 4. The molecule has 5 aromatic rings. The Balaban J connectivity index is 1.52. The van der Waals surface area contributed by atoms with E-state index in [1.54, 1.807) is 11.3 Å². The molecule has 28 heavy (non-hydrogen) atoms. The van der Waals surface area contributed by atoms with E-state index in [4.69, 9.17) is 0 Å². The van der Waals surface area contributed by atoms with Crippen LogP contribution in [-0.2, 0) is 0 Å². The van der Waals surface area contributed by atoms with Crippen LogP contribution in [0.3, 0.4) is 0 Å². The van der Waals surface area contributed by atoms with Crippen LogP contribution in [0, 0.1) is 0 Å². The van der Waals surface area contributed by atoms with Gasteiger partial charge >= 0.3 is 0 Å². The van der Waals surface area contributed by atoms with Crippen LogP contribution in [0.5, 0.6) is 0 Å². The standard InChI is InChI=1S/C23H16N4S/c1-2-8-16(9-3-1)24-19-14-15-20(18-11-5-4-10-17(18)19)26-27-23-25-21-12-6-7-13-22(21)28-23/h1-15,24H. The van der Waals surface area contributed by atoms with Gasteiger partial charge in [-0.25, -0.2) is 4.98 Å². The van der Waals surface area contributed by atoms with Gasteiger partial charge in [0.15, 0.2) is 0 Å². The van der Waals surface area contributed by atoms with Crippen molar-refractivity contribution >= 4 is 54.5 Å². The minimum atomic E-state index is 0.664. The molecule has 0 saturated heterocycles. The summed E-state index contributed by atoms with van der Waals surface area (Å²) in [7, 11) is 0. The molecule has 5 rings (SSSR count). The zero-order valence-electron chi connectivity index (χ0n) is 14.9. The first kappa shape index (κ1) is 16.6. The van der Waals surface area contributed by atoms with Gasteiger partial charge in [0, 0.05) is 22.1 Å². The lowest BCUT2D eigenvalue weighted by molar-refractivity contribution is 1.22. The Morgan fingerprint density at radius 2 is 1.43 bits per heavy atom. The predicted molar refractivity (Wildman–Crippen MR) is 117 cm³/mol. The third-order valence-electron chi connectivity index (χ3n) is 4.48. The number of hydrogen-bond donors (Lipinski definition) is 1. The van der Waals surface area contributed by atoms with Gasteiger partial charge in [-0.3, -0.25) is 0 Å². The minimum Gasteiger partial charge on any atom is -0.355 e. The van der Waals surface area contributed by atoms with Gasteiger partial charge in [0.25, 0.3) is 0 Å². The van der Waals surface area contributed by atoms with Crippen LogP contribution in [0.15, 0.2) is 101 Å². The van der Waals surface area contributed by atoms with Crippen LogP contribution in [0.2, 0.25) is 0 Å². The molecule has 4 aromatic carbocycles. The minimum absolute atomic E-state index is 0.664. The summed E-state index contributed by atoms with van der Waals surface area (Å²) in [5.74, 6) is 0. The fourth-order valence-electron chi connectivity index (χ4n) is 3.16. The number of hydrogen-bond acceptors (Lipinski definition) is 5. The fraction of sp³-hybridized carbons (Fsp3) is 0. The Kier molecular flexibility index (Phi) is 4.27. The Labute approximate surface area is 166 Å². The van der Waals surface area contributed by atoms with Crippen LogP contribution < -0.4 is 5.32 Å². The first-order chi connectivity index (χ1) is 13.9. The lowest BCUT2D eigenvalue weighted by Gasteiger charge is -2.11. The van der Waals surface area contributed by atoms with Crippen LogP contribution in [0.1, 0.15) is 0 Å². The van der Waals surface area contributed by atoms with E-state index in [9.17, 15) is 0 Å². The molecule has 0 spiro atoms. The molecular formula is C23H16N4S. The highest BCUT2D eigenvalue weighted by Crippen LogP contribution is 2.35. The zero-order valence-corrected chi connectivity index (χ0v) is 15.7. The van der Waals surface area contributed by atoms with Crippen LogP contribution in [-0.4, -0.2) is 4.98 Å². The lowest BCUT2D eigenvalue weighted by Crippen LogP contribution is -1.91. The number of azo groups is 1. The van der Waals surface area contributed by atoms with Gasteiger partial charge in [-0.05, 0) is 36.4 Å². The molecular weight excluding hydrogens is 364 g/mol. The average molecular weight is 380 g/mol. The van der Waals surface area contributed by atoms with Crippen molar-refractivity contribution in [3.05, 3.63) is 91.0 Å². The second-order valence-electron chi connectivity index (χ2n) is 6.33. The van der Waals surface area contributed by atoms with E-state index in [1.807, 2.05) is 66.7 Å². The molecule has 0 unspecified atom stereocenters. The number of rotatable bonds is 4. The van der Waals surface area contributed by atoms with E-state index >= 15 is 0 Å². The second-order valence-corrected chi connectivity index (χ2v) is 7.34. The van der Waals surface area contributed by atoms with Gasteiger partial charge in [0.1, 0.15) is 0 Å². The smallest absolute Gasteiger partial charge is 0.231 e. The van der Waals surface area contributed by atoms with Crippen molar-refractivity contribution in [3.8, 4) is 0 Å². The molecule has 0 radical (unpaired) electrons. The third kappa shape index (κ3) is 3.23. The quantitative estimate of drug-likeness (QED) is 0.326. The molecule has 134 valence electrons. The predicted octanol–water partition coefficient (Wildman–Crippen LogP) is 7.61. The van der Waals surface area contributed by atoms with Gasteiger partial charge in [-0.1, -0.05) is 65.9 Å². The molecule has 0 aliphatic carbocycles. The van der Waals surface area contributed by atoms with Crippen molar-refractivity contribution in [1.29, 1.82) is 0 Å². The van der Waals surface area contributed by atoms with E-state index in [0.717, 1.165) is 38.1 Å². The molecule has 0 amide bonds. The van der Waals surface area contributed by atoms with Crippen LogP contribution in [0.25, 0.3) is 21.0 Å². The first-order valence-corrected chi connectivity index (χ1v) is 9.80. The normalized spacial score (nSPS) is 11.4. The number of aromatic nitrogens is 1. The Morgan fingerprint density at radius 3 is 2.29 bits per heavy atom. The lowest BCUT2D eigenvalue weighted by atomic mass is 10.1. The van der Waals surface area contributed by atoms with Crippen LogP contribution >= 0.6 is 11.3 Å². The van der Waals surface area contributed by atoms with E-state index in [1.165, 1.54) is 0 Å². The van der Waals surface area contributed by atoms with Gasteiger partial charge < -0.3 is 5.32 Å². The second kappa shape index (κ2) is 7.21. The molecule has 0 aliphatic heterocycles. The van der Waals surface area contributed by atoms with Gasteiger partial charge in [-0.2, -0.15) is 0 Å². The molecule has 0 fully saturated rings. The monoisotopic (exact) mass is 380 g/mol. The van der Waals surface area contributed by atoms with Crippen molar-refractivity contribution in [1.82, 2.24) is 4.98 Å². The van der Waals surface area contributed by atoms with E-state index in [2.05, 4.69) is 44.8 Å². The highest BCUT2D eigenvalue weighted by atomic mass is 32.1. The molecule has 1 aromatic heterocycles. The van der Waals surface area contributed by atoms with Crippen molar-refractivity contribution < 1.29 is 0 Å².